The number of benzene rings is 2. The molecule has 0 aliphatic carbocycles. The summed E-state index contributed by atoms with van der Waals surface area (Å²) in [6.45, 7) is 0.401. The Kier molecular flexibility index (Phi) is 4.07. The summed E-state index contributed by atoms with van der Waals surface area (Å²) >= 11 is 0. The molecule has 96 valence electrons. The van der Waals surface area contributed by atoms with E-state index in [0.29, 0.717) is 17.9 Å². The fourth-order valence-corrected chi connectivity index (χ4v) is 1.69. The zero-order valence-corrected chi connectivity index (χ0v) is 10.4. The molecule has 0 aliphatic rings. The van der Waals surface area contributed by atoms with E-state index in [4.69, 9.17) is 11.4 Å². The van der Waals surface area contributed by atoms with Crippen LogP contribution in [0.15, 0.2) is 54.6 Å². The molecule has 0 radical (unpaired) electrons. The van der Waals surface area contributed by atoms with Crippen LogP contribution < -0.4 is 4.74 Å². The van der Waals surface area contributed by atoms with Crippen molar-refractivity contribution in [2.75, 3.05) is 0 Å². The molecule has 0 amide bonds. The molecule has 1 atom stereocenters. The predicted octanol–water partition coefficient (Wildman–Crippen LogP) is 3.21. The first-order chi connectivity index (χ1) is 9.69. The van der Waals surface area contributed by atoms with Crippen LogP contribution in [-0.2, 0) is 6.61 Å². The van der Waals surface area contributed by atoms with Crippen LogP contribution in [0.3, 0.4) is 0 Å². The first kappa shape index (κ1) is 11.8. The van der Waals surface area contributed by atoms with Crippen molar-refractivity contribution in [3.63, 3.8) is 0 Å². The van der Waals surface area contributed by atoms with Crippen molar-refractivity contribution in [1.82, 2.24) is 0 Å². The Morgan fingerprint density at radius 1 is 1.26 bits per heavy atom. The predicted molar refractivity (Wildman–Crippen MR) is 72.4 cm³/mol. The molecule has 0 aromatic heterocycles. The van der Waals surface area contributed by atoms with Crippen molar-refractivity contribution in [3.05, 3.63) is 65.7 Å². The fraction of sp³-hybridized carbons (Fsp3) is 0.188. The molecule has 3 nitrogen and oxygen atoms in total. The Balaban J connectivity index is 2.10. The maximum absolute atomic E-state index is 9.79. The zero-order valence-electron chi connectivity index (χ0n) is 11.4. The van der Waals surface area contributed by atoms with Crippen molar-refractivity contribution < 1.29 is 11.2 Å². The molecular weight excluding hydrogens is 238 g/mol. The lowest BCUT2D eigenvalue weighted by molar-refractivity contribution is 0.182. The van der Waals surface area contributed by atoms with E-state index in [2.05, 4.69) is 0 Å². The standard InChI is InChI=1S/C16H15NO2/c17-10-9-16(18)14-7-4-8-15(11-14)19-12-13-5-2-1-3-6-13/h1-8,11,16,18H,9,12H2/i4D. The third-order valence-electron chi connectivity index (χ3n) is 2.70. The summed E-state index contributed by atoms with van der Waals surface area (Å²) in [6.07, 6.45) is -0.883. The average molecular weight is 254 g/mol. The Labute approximate surface area is 114 Å². The molecule has 0 fully saturated rings. The topological polar surface area (TPSA) is 53.2 Å². The van der Waals surface area contributed by atoms with Gasteiger partial charge in [-0.15, -0.1) is 0 Å². The minimum Gasteiger partial charge on any atom is -0.489 e. The van der Waals surface area contributed by atoms with E-state index in [0.717, 1.165) is 5.56 Å². The number of rotatable bonds is 5. The summed E-state index contributed by atoms with van der Waals surface area (Å²) in [4.78, 5) is 0. The molecule has 1 unspecified atom stereocenters. The summed E-state index contributed by atoms with van der Waals surface area (Å²) in [5.74, 6) is 0.522. The second kappa shape index (κ2) is 6.58. The van der Waals surface area contributed by atoms with Crippen LogP contribution >= 0.6 is 0 Å². The molecule has 19 heavy (non-hydrogen) atoms. The van der Waals surface area contributed by atoms with E-state index in [1.54, 1.807) is 12.1 Å². The van der Waals surface area contributed by atoms with Crippen molar-refractivity contribution >= 4 is 0 Å². The normalized spacial score (nSPS) is 12.3. The van der Waals surface area contributed by atoms with Crippen LogP contribution in [0.1, 0.15) is 25.0 Å². The van der Waals surface area contributed by atoms with Crippen LogP contribution in [0.2, 0.25) is 0 Å². The van der Waals surface area contributed by atoms with Crippen LogP contribution in [0.4, 0.5) is 0 Å². The smallest absolute Gasteiger partial charge is 0.120 e. The van der Waals surface area contributed by atoms with Crippen molar-refractivity contribution in [2.45, 2.75) is 19.1 Å². The maximum Gasteiger partial charge on any atom is 0.120 e. The van der Waals surface area contributed by atoms with Gasteiger partial charge in [0.2, 0.25) is 0 Å². The van der Waals surface area contributed by atoms with Gasteiger partial charge in [-0.3, -0.25) is 0 Å². The highest BCUT2D eigenvalue weighted by Crippen LogP contribution is 2.21. The summed E-state index contributed by atoms with van der Waals surface area (Å²) in [6, 6.07) is 16.7. The molecule has 0 saturated heterocycles. The van der Waals surface area contributed by atoms with Gasteiger partial charge in [0.05, 0.1) is 20.0 Å². The Bertz CT molecular complexity index is 608. The summed E-state index contributed by atoms with van der Waals surface area (Å²) in [7, 11) is 0. The SMILES string of the molecule is [2H]c1cc(OCc2ccccc2)cc(C(O)CC#N)c1. The molecule has 0 aliphatic heterocycles. The lowest BCUT2D eigenvalue weighted by Crippen LogP contribution is -1.98. The van der Waals surface area contributed by atoms with Gasteiger partial charge in [-0.25, -0.2) is 0 Å². The second-order valence-electron chi connectivity index (χ2n) is 4.15. The molecular formula is C16H15NO2. The van der Waals surface area contributed by atoms with E-state index in [-0.39, 0.29) is 12.5 Å². The lowest BCUT2D eigenvalue weighted by atomic mass is 10.1. The third-order valence-corrected chi connectivity index (χ3v) is 2.70. The highest BCUT2D eigenvalue weighted by molar-refractivity contribution is 5.30. The largest absolute Gasteiger partial charge is 0.489 e. The molecule has 2 rings (SSSR count). The van der Waals surface area contributed by atoms with Gasteiger partial charge >= 0.3 is 0 Å². The monoisotopic (exact) mass is 254 g/mol. The number of hydrogen-bond acceptors (Lipinski definition) is 3. The van der Waals surface area contributed by atoms with E-state index < -0.39 is 6.10 Å². The highest BCUT2D eigenvalue weighted by atomic mass is 16.5. The second-order valence-corrected chi connectivity index (χ2v) is 4.15. The number of nitriles is 1. The molecule has 2 aromatic rings. The van der Waals surface area contributed by atoms with Gasteiger partial charge in [-0.05, 0) is 23.3 Å². The van der Waals surface area contributed by atoms with Crippen molar-refractivity contribution in [1.29, 1.82) is 5.26 Å². The quantitative estimate of drug-likeness (QED) is 0.891. The first-order valence-electron chi connectivity index (χ1n) is 6.52. The van der Waals surface area contributed by atoms with E-state index in [1.807, 2.05) is 36.4 Å². The number of hydrogen-bond donors (Lipinski definition) is 1. The van der Waals surface area contributed by atoms with Gasteiger partial charge < -0.3 is 9.84 Å². The van der Waals surface area contributed by atoms with Gasteiger partial charge in [0.1, 0.15) is 12.4 Å². The number of nitrogens with zero attached hydrogens (tertiary/aromatic N) is 1. The van der Waals surface area contributed by atoms with E-state index >= 15 is 0 Å². The van der Waals surface area contributed by atoms with Gasteiger partial charge in [0.25, 0.3) is 0 Å². The highest BCUT2D eigenvalue weighted by Gasteiger charge is 2.07. The van der Waals surface area contributed by atoms with Crippen LogP contribution in [0, 0.1) is 11.3 Å². The number of aliphatic hydroxyl groups excluding tert-OH is 1. The minimum absolute atomic E-state index is 0.00157. The number of ether oxygens (including phenoxy) is 1. The van der Waals surface area contributed by atoms with Crippen LogP contribution in [-0.4, -0.2) is 5.11 Å². The molecule has 2 aromatic carbocycles. The van der Waals surface area contributed by atoms with Crippen LogP contribution in [0.25, 0.3) is 0 Å². The molecule has 0 spiro atoms. The first-order valence-corrected chi connectivity index (χ1v) is 6.02. The Hall–Kier alpha value is -2.31. The van der Waals surface area contributed by atoms with Gasteiger partial charge in [-0.2, -0.15) is 5.26 Å². The molecule has 1 N–H and O–H groups in total. The summed E-state index contributed by atoms with van der Waals surface area (Å²) in [5.41, 5.74) is 1.56. The Morgan fingerprint density at radius 2 is 2.05 bits per heavy atom. The molecule has 0 heterocycles. The van der Waals surface area contributed by atoms with Crippen molar-refractivity contribution in [3.8, 4) is 11.8 Å². The van der Waals surface area contributed by atoms with Crippen molar-refractivity contribution in [2.24, 2.45) is 0 Å². The van der Waals surface area contributed by atoms with Gasteiger partial charge in [0.15, 0.2) is 0 Å². The number of aliphatic hydroxyl groups is 1. The lowest BCUT2D eigenvalue weighted by Gasteiger charge is -2.10. The van der Waals surface area contributed by atoms with Gasteiger partial charge in [0, 0.05) is 0 Å². The van der Waals surface area contributed by atoms with E-state index in [9.17, 15) is 5.11 Å². The van der Waals surface area contributed by atoms with Gasteiger partial charge in [-0.1, -0.05) is 42.4 Å². The average Bonchev–Trinajstić information content (AvgIpc) is 2.46. The Morgan fingerprint density at radius 3 is 2.79 bits per heavy atom. The molecule has 0 saturated carbocycles. The third kappa shape index (κ3) is 3.84. The van der Waals surface area contributed by atoms with Crippen LogP contribution in [0.5, 0.6) is 5.75 Å². The fourth-order valence-electron chi connectivity index (χ4n) is 1.69. The van der Waals surface area contributed by atoms with E-state index in [1.165, 1.54) is 6.07 Å². The summed E-state index contributed by atoms with van der Waals surface area (Å²) < 4.78 is 13.3. The summed E-state index contributed by atoms with van der Waals surface area (Å²) in [5, 5.41) is 18.4. The maximum atomic E-state index is 9.79. The molecule has 3 heteroatoms. The minimum atomic E-state index is -0.885. The zero-order chi connectivity index (χ0) is 14.4. The molecule has 0 bridgehead atoms.